The molecule has 20 heteroatoms. The molecule has 0 bridgehead atoms. The molecule has 0 unspecified atom stereocenters. The molecule has 1 aromatic heterocycles. The van der Waals surface area contributed by atoms with E-state index in [1.165, 1.54) is 16.8 Å². The number of nitro groups is 1. The molecule has 0 aliphatic heterocycles. The number of carbonyl (C=O) groups excluding carboxylic acids is 1. The topological polar surface area (TPSA) is 303 Å². The van der Waals surface area contributed by atoms with Crippen LogP contribution in [0.25, 0.3) is 5.69 Å². The number of hydrogen-bond donors (Lipinski definition) is 3. The SMILES string of the molecule is Cc1nn(-c2ccccc2)c([O-])c1N=Nc1ccccc1C(=O)[O-].Nc1cc(N)c(S(=O)(=O)O)cc1N=Nc1cc([N+](=O)[O-])ccc1[O-].[Cr+3]. The first kappa shape index (κ1) is 37.3. The molecule has 0 amide bonds. The third-order valence-corrected chi connectivity index (χ3v) is 7.14. The van der Waals surface area contributed by atoms with Gasteiger partial charge in [-0.25, -0.2) is 4.68 Å². The summed E-state index contributed by atoms with van der Waals surface area (Å²) in [6, 6.07) is 19.7. The summed E-state index contributed by atoms with van der Waals surface area (Å²) in [5.41, 5.74) is 10.9. The third kappa shape index (κ3) is 9.00. The van der Waals surface area contributed by atoms with Crippen molar-refractivity contribution in [3.8, 4) is 17.3 Å². The number of nitro benzene ring substituents is 1. The van der Waals surface area contributed by atoms with Crippen molar-refractivity contribution in [1.82, 2.24) is 9.78 Å². The zero-order valence-electron chi connectivity index (χ0n) is 24.9. The Hall–Kier alpha value is -6.20. The average Bonchev–Trinajstić information content (AvgIpc) is 3.32. The maximum absolute atomic E-state index is 12.4. The van der Waals surface area contributed by atoms with Crippen molar-refractivity contribution in [2.24, 2.45) is 20.5 Å². The average molecular weight is 725 g/mol. The fourth-order valence-electron chi connectivity index (χ4n) is 3.91. The second-order valence-electron chi connectivity index (χ2n) is 9.52. The van der Waals surface area contributed by atoms with E-state index in [1.54, 1.807) is 43.3 Å². The minimum Gasteiger partial charge on any atom is -0.871 e. The molecule has 49 heavy (non-hydrogen) atoms. The molecular formula is C29H22CrN9O9S. The van der Waals surface area contributed by atoms with Crippen LogP contribution in [0.3, 0.4) is 0 Å². The molecule has 5 rings (SSSR count). The van der Waals surface area contributed by atoms with E-state index in [-0.39, 0.29) is 62.7 Å². The molecule has 0 spiro atoms. The molecule has 1 radical (unpaired) electrons. The molecule has 0 atom stereocenters. The Morgan fingerprint density at radius 3 is 2.10 bits per heavy atom. The number of carboxylic acid groups (broad SMARTS) is 1. The van der Waals surface area contributed by atoms with Crippen LogP contribution in [0.5, 0.6) is 11.6 Å². The van der Waals surface area contributed by atoms with E-state index in [0.29, 0.717) is 11.4 Å². The molecule has 5 aromatic rings. The predicted octanol–water partition coefficient (Wildman–Crippen LogP) is 3.53. The molecule has 0 saturated carbocycles. The van der Waals surface area contributed by atoms with Crippen LogP contribution in [0, 0.1) is 17.0 Å². The second kappa shape index (κ2) is 15.6. The number of carboxylic acids is 1. The first-order valence-electron chi connectivity index (χ1n) is 13.2. The Morgan fingerprint density at radius 2 is 1.47 bits per heavy atom. The third-order valence-electron chi connectivity index (χ3n) is 6.23. The largest absolute Gasteiger partial charge is 3.00 e. The number of hydrogen-bond acceptors (Lipinski definition) is 15. The molecule has 18 nitrogen and oxygen atoms in total. The van der Waals surface area contributed by atoms with Crippen molar-refractivity contribution in [3.63, 3.8) is 0 Å². The summed E-state index contributed by atoms with van der Waals surface area (Å²) in [4.78, 5) is 20.4. The molecule has 0 aliphatic carbocycles. The summed E-state index contributed by atoms with van der Waals surface area (Å²) in [6.45, 7) is 1.64. The minimum atomic E-state index is -4.62. The Bertz CT molecular complexity index is 2190. The van der Waals surface area contributed by atoms with Crippen molar-refractivity contribution in [2.45, 2.75) is 11.8 Å². The monoisotopic (exact) mass is 724 g/mol. The van der Waals surface area contributed by atoms with Gasteiger partial charge in [-0.3, -0.25) is 14.7 Å². The summed E-state index contributed by atoms with van der Waals surface area (Å²) in [5, 5.41) is 64.9. The zero-order valence-corrected chi connectivity index (χ0v) is 27.0. The van der Waals surface area contributed by atoms with E-state index in [2.05, 4.69) is 25.6 Å². The number of rotatable bonds is 8. The number of anilines is 2. The van der Waals surface area contributed by atoms with Crippen LogP contribution in [0.4, 0.5) is 39.8 Å². The van der Waals surface area contributed by atoms with Gasteiger partial charge in [0.1, 0.15) is 16.3 Å². The zero-order chi connectivity index (χ0) is 35.2. The fourth-order valence-corrected chi connectivity index (χ4v) is 4.53. The van der Waals surface area contributed by atoms with E-state index >= 15 is 0 Å². The number of nitrogen functional groups attached to an aromatic ring is 2. The number of benzene rings is 4. The maximum Gasteiger partial charge on any atom is 3.00 e. The predicted molar refractivity (Wildman–Crippen MR) is 164 cm³/mol. The van der Waals surface area contributed by atoms with Gasteiger partial charge in [0, 0.05) is 23.6 Å². The number of azo groups is 2. The standard InChI is InChI=1S/C17H14N4O3.C12H11N5O6S.Cr/c1-11-15(16(22)21(20-11)12-7-3-2-4-8-12)19-18-14-10-6-5-9-13(14)17(23)24;13-7-4-8(14)12(24(21,22)23)5-9(7)15-16-10-3-6(17(19)20)1-2-11(10)18;/h2-10,22H,1H3,(H,23,24);1-5,18H,13-14H2,(H,21,22,23);/q;;+3/p-3. The van der Waals surface area contributed by atoms with Gasteiger partial charge in [0.05, 0.1) is 45.0 Å². The van der Waals surface area contributed by atoms with Gasteiger partial charge in [0.15, 0.2) is 0 Å². The van der Waals surface area contributed by atoms with Gasteiger partial charge in [-0.1, -0.05) is 48.2 Å². The maximum atomic E-state index is 12.4. The van der Waals surface area contributed by atoms with E-state index in [4.69, 9.17) is 16.0 Å². The number of para-hydroxylation sites is 1. The van der Waals surface area contributed by atoms with Crippen molar-refractivity contribution in [3.05, 3.63) is 106 Å². The quantitative estimate of drug-likeness (QED) is 0.0680. The molecular weight excluding hydrogens is 702 g/mol. The Morgan fingerprint density at radius 1 is 0.857 bits per heavy atom. The normalized spacial score (nSPS) is 11.1. The molecule has 0 aliphatic rings. The number of nitrogens with zero attached hydrogens (tertiary/aromatic N) is 7. The van der Waals surface area contributed by atoms with Gasteiger partial charge in [0.2, 0.25) is 0 Å². The van der Waals surface area contributed by atoms with Gasteiger partial charge < -0.3 is 31.6 Å². The summed E-state index contributed by atoms with van der Waals surface area (Å²) in [5.74, 6) is -2.41. The molecule has 0 saturated heterocycles. The van der Waals surface area contributed by atoms with Gasteiger partial charge >= 0.3 is 17.4 Å². The number of nitrogens with two attached hydrogens (primary N) is 2. The summed E-state index contributed by atoms with van der Waals surface area (Å²) < 4.78 is 32.7. The number of aromatic carboxylic acids is 1. The van der Waals surface area contributed by atoms with Crippen molar-refractivity contribution in [1.29, 1.82) is 0 Å². The number of aryl methyl sites for hydroxylation is 1. The second-order valence-corrected chi connectivity index (χ2v) is 10.9. The molecule has 1 heterocycles. The number of aromatic nitrogens is 2. The van der Waals surface area contributed by atoms with Crippen LogP contribution < -0.4 is 26.8 Å². The molecule has 0 fully saturated rings. The van der Waals surface area contributed by atoms with Crippen LogP contribution in [0.1, 0.15) is 16.1 Å². The molecule has 4 aromatic carbocycles. The summed E-state index contributed by atoms with van der Waals surface area (Å²) in [7, 11) is -4.62. The van der Waals surface area contributed by atoms with E-state index < -0.39 is 37.5 Å². The Labute approximate surface area is 287 Å². The van der Waals surface area contributed by atoms with Crippen LogP contribution >= 0.6 is 0 Å². The smallest absolute Gasteiger partial charge is 0.871 e. The van der Waals surface area contributed by atoms with Crippen LogP contribution in [0.2, 0.25) is 0 Å². The minimum absolute atomic E-state index is 0. The molecule has 5 N–H and O–H groups in total. The van der Waals surface area contributed by atoms with Gasteiger partial charge in [-0.15, -0.1) is 15.3 Å². The van der Waals surface area contributed by atoms with Gasteiger partial charge in [-0.05, 0) is 37.3 Å². The first-order valence-corrected chi connectivity index (χ1v) is 14.7. The van der Waals surface area contributed by atoms with Gasteiger partial charge in [-0.2, -0.15) is 18.6 Å². The Balaban J connectivity index is 0.000000260. The van der Waals surface area contributed by atoms with Crippen molar-refractivity contribution in [2.75, 3.05) is 11.5 Å². The van der Waals surface area contributed by atoms with Crippen LogP contribution in [-0.2, 0) is 27.5 Å². The van der Waals surface area contributed by atoms with Crippen molar-refractivity contribution < 1.29 is 55.4 Å². The van der Waals surface area contributed by atoms with Crippen molar-refractivity contribution >= 4 is 55.9 Å². The Kier molecular flexibility index (Phi) is 11.9. The number of non-ortho nitro benzene ring substituents is 1. The van der Waals surface area contributed by atoms with E-state index in [9.17, 15) is 38.6 Å². The summed E-state index contributed by atoms with van der Waals surface area (Å²) in [6.07, 6.45) is 0. The first-order chi connectivity index (χ1) is 22.7. The molecule has 249 valence electrons. The van der Waals surface area contributed by atoms with Crippen LogP contribution in [-0.4, -0.2) is 33.6 Å². The van der Waals surface area contributed by atoms with E-state index in [1.807, 2.05) is 6.07 Å². The van der Waals surface area contributed by atoms with Gasteiger partial charge in [0.25, 0.3) is 15.8 Å². The fraction of sp³-hybridized carbons (Fsp3) is 0.0345. The summed E-state index contributed by atoms with van der Waals surface area (Å²) >= 11 is 0. The van der Waals surface area contributed by atoms with Crippen LogP contribution in [0.15, 0.2) is 110 Å². The number of carbonyl (C=O) groups is 1. The van der Waals surface area contributed by atoms with E-state index in [0.717, 1.165) is 30.3 Å².